The summed E-state index contributed by atoms with van der Waals surface area (Å²) in [6, 6.07) is 9.06. The molecule has 0 saturated carbocycles. The number of hydrogen-bond donors (Lipinski definition) is 0. The van der Waals surface area contributed by atoms with Gasteiger partial charge in [-0.25, -0.2) is 0 Å². The average molecular weight is 532 g/mol. The van der Waals surface area contributed by atoms with Crippen molar-refractivity contribution in [3.63, 3.8) is 0 Å². The molecule has 0 heterocycles. The zero-order valence-electron chi connectivity index (χ0n) is 14.7. The molecule has 0 amide bonds. The van der Waals surface area contributed by atoms with Gasteiger partial charge in [-0.1, -0.05) is 91.4 Å². The van der Waals surface area contributed by atoms with E-state index in [1.54, 1.807) is 5.57 Å². The molecule has 124 valence electrons. The monoisotopic (exact) mass is 532 g/mol. The minimum atomic E-state index is 0.0855. The third-order valence-corrected chi connectivity index (χ3v) is 7.99. The number of benzene rings is 1. The summed E-state index contributed by atoms with van der Waals surface area (Å²) < 4.78 is 2.47. The van der Waals surface area contributed by atoms with Crippen LogP contribution in [0.15, 0.2) is 48.1 Å². The number of allylic oxidation sites excluding steroid dienone is 5. The third kappa shape index (κ3) is 3.63. The van der Waals surface area contributed by atoms with E-state index < -0.39 is 0 Å². The maximum atomic E-state index is 2.54. The lowest BCUT2D eigenvalue weighted by Gasteiger charge is -2.45. The van der Waals surface area contributed by atoms with Crippen LogP contribution in [0.2, 0.25) is 0 Å². The molecule has 0 spiro atoms. The second-order valence-corrected chi connectivity index (χ2v) is 8.98. The first-order valence-electron chi connectivity index (χ1n) is 8.16. The van der Waals surface area contributed by atoms with Crippen LogP contribution in [-0.4, -0.2) is 4.43 Å². The van der Waals surface area contributed by atoms with Crippen molar-refractivity contribution in [1.82, 2.24) is 0 Å². The van der Waals surface area contributed by atoms with Gasteiger partial charge in [0.15, 0.2) is 0 Å². The normalized spacial score (nSPS) is 26.3. The van der Waals surface area contributed by atoms with Gasteiger partial charge in [-0.3, -0.25) is 0 Å². The van der Waals surface area contributed by atoms with Crippen LogP contribution in [0.25, 0.3) is 9.15 Å². The van der Waals surface area contributed by atoms with Crippen molar-refractivity contribution in [2.45, 2.75) is 41.0 Å². The van der Waals surface area contributed by atoms with Crippen LogP contribution >= 0.6 is 45.2 Å². The maximum absolute atomic E-state index is 2.54. The lowest BCUT2D eigenvalue weighted by molar-refractivity contribution is 0.365. The second kappa shape index (κ2) is 7.42. The average Bonchev–Trinajstić information content (AvgIpc) is 2.54. The minimum absolute atomic E-state index is 0.0855. The fraction of sp³-hybridized carbons (Fsp3) is 0.429. The number of hydrogen-bond acceptors (Lipinski definition) is 0. The van der Waals surface area contributed by atoms with E-state index in [0.29, 0.717) is 0 Å². The van der Waals surface area contributed by atoms with E-state index in [1.165, 1.54) is 20.3 Å². The van der Waals surface area contributed by atoms with Gasteiger partial charge in [-0.05, 0) is 59.6 Å². The van der Waals surface area contributed by atoms with E-state index in [4.69, 9.17) is 0 Å². The summed E-state index contributed by atoms with van der Waals surface area (Å²) in [5.41, 5.74) is 6.06. The van der Waals surface area contributed by atoms with Crippen LogP contribution in [0.3, 0.4) is 0 Å². The molecule has 0 aromatic heterocycles. The number of alkyl halides is 1. The van der Waals surface area contributed by atoms with Crippen molar-refractivity contribution in [2.75, 3.05) is 4.43 Å². The molecular weight excluding hydrogens is 506 g/mol. The molecule has 1 atom stereocenters. The van der Waals surface area contributed by atoms with Gasteiger partial charge in [0.25, 0.3) is 0 Å². The highest BCUT2D eigenvalue weighted by atomic mass is 127. The largest absolute Gasteiger partial charge is 0.0870 e. The van der Waals surface area contributed by atoms with E-state index in [-0.39, 0.29) is 10.8 Å². The van der Waals surface area contributed by atoms with Crippen molar-refractivity contribution in [3.8, 4) is 0 Å². The molecule has 0 bridgehead atoms. The molecule has 0 saturated heterocycles. The van der Waals surface area contributed by atoms with Gasteiger partial charge in [0.1, 0.15) is 0 Å². The highest BCUT2D eigenvalue weighted by Crippen LogP contribution is 2.54. The molecule has 23 heavy (non-hydrogen) atoms. The summed E-state index contributed by atoms with van der Waals surface area (Å²) in [6.07, 6.45) is 8.11. The van der Waals surface area contributed by atoms with Gasteiger partial charge in [-0.15, -0.1) is 0 Å². The van der Waals surface area contributed by atoms with Crippen LogP contribution in [0.1, 0.15) is 52.2 Å². The summed E-state index contributed by atoms with van der Waals surface area (Å²) in [5, 5.41) is 0. The molecule has 1 aliphatic carbocycles. The molecule has 0 radical (unpaired) electrons. The van der Waals surface area contributed by atoms with E-state index in [1.807, 2.05) is 0 Å². The molecule has 0 aliphatic heterocycles. The Bertz CT molecular complexity index is 660. The SMILES string of the molecule is C/C=C(\I)c1ccc(C2=CC[C@](C)(CI)/C(=C\C)C2(C)C)cc1. The third-order valence-electron chi connectivity index (χ3n) is 5.06. The Morgan fingerprint density at radius 2 is 1.74 bits per heavy atom. The first-order chi connectivity index (χ1) is 10.8. The maximum Gasteiger partial charge on any atom is 0.0160 e. The van der Waals surface area contributed by atoms with Gasteiger partial charge < -0.3 is 0 Å². The van der Waals surface area contributed by atoms with Crippen molar-refractivity contribution >= 4 is 54.3 Å². The Kier molecular flexibility index (Phi) is 6.21. The molecule has 1 aliphatic rings. The number of halogens is 2. The van der Waals surface area contributed by atoms with Gasteiger partial charge >= 0.3 is 0 Å². The molecule has 0 nitrogen and oxygen atoms in total. The van der Waals surface area contributed by atoms with Crippen LogP contribution in [0.5, 0.6) is 0 Å². The topological polar surface area (TPSA) is 0 Å². The molecule has 0 fully saturated rings. The Morgan fingerprint density at radius 3 is 2.22 bits per heavy atom. The van der Waals surface area contributed by atoms with Gasteiger partial charge in [0.05, 0.1) is 0 Å². The van der Waals surface area contributed by atoms with Crippen molar-refractivity contribution in [1.29, 1.82) is 0 Å². The first-order valence-corrected chi connectivity index (χ1v) is 10.8. The molecule has 0 unspecified atom stereocenters. The quantitative estimate of drug-likeness (QED) is 0.213. The summed E-state index contributed by atoms with van der Waals surface area (Å²) in [4.78, 5) is 0. The summed E-state index contributed by atoms with van der Waals surface area (Å²) in [6.45, 7) is 11.4. The first kappa shape index (κ1) is 19.2. The van der Waals surface area contributed by atoms with Gasteiger partial charge in [-0.2, -0.15) is 0 Å². The van der Waals surface area contributed by atoms with E-state index >= 15 is 0 Å². The lowest BCUT2D eigenvalue weighted by Crippen LogP contribution is -2.35. The van der Waals surface area contributed by atoms with Gasteiger partial charge in [0, 0.05) is 18.8 Å². The van der Waals surface area contributed by atoms with E-state index in [2.05, 4.69) is 122 Å². The van der Waals surface area contributed by atoms with Crippen LogP contribution in [0, 0.1) is 10.8 Å². The molecule has 1 aromatic carbocycles. The highest BCUT2D eigenvalue weighted by Gasteiger charge is 2.42. The second-order valence-electron chi connectivity index (χ2n) is 7.06. The van der Waals surface area contributed by atoms with Crippen LogP contribution in [-0.2, 0) is 0 Å². The molecular formula is C21H26I2. The van der Waals surface area contributed by atoms with Crippen LogP contribution < -0.4 is 0 Å². The lowest BCUT2D eigenvalue weighted by atomic mass is 9.60. The van der Waals surface area contributed by atoms with Crippen molar-refractivity contribution in [2.24, 2.45) is 10.8 Å². The van der Waals surface area contributed by atoms with Gasteiger partial charge in [0.2, 0.25) is 0 Å². The standard InChI is InChI=1S/C21H26I2/c1-6-18(23)16-10-8-15(9-11-16)17-12-13-21(5,14-22)19(7-2)20(17,3)4/h6-12H,13-14H2,1-5H3/b18-6-,19-7-/t21-/m1/s1. The molecule has 0 N–H and O–H groups in total. The Balaban J connectivity index is 2.47. The molecule has 2 heteroatoms. The Labute approximate surface area is 168 Å². The zero-order valence-corrected chi connectivity index (χ0v) is 19.0. The highest BCUT2D eigenvalue weighted by molar-refractivity contribution is 14.1. The Morgan fingerprint density at radius 1 is 1.13 bits per heavy atom. The van der Waals surface area contributed by atoms with E-state index in [0.717, 1.165) is 10.8 Å². The predicted molar refractivity (Wildman–Crippen MR) is 121 cm³/mol. The fourth-order valence-electron chi connectivity index (χ4n) is 3.88. The van der Waals surface area contributed by atoms with E-state index in [9.17, 15) is 0 Å². The van der Waals surface area contributed by atoms with Crippen molar-refractivity contribution in [3.05, 3.63) is 59.2 Å². The zero-order chi connectivity index (χ0) is 17.3. The summed E-state index contributed by atoms with van der Waals surface area (Å²) in [5.74, 6) is 0. The minimum Gasteiger partial charge on any atom is -0.0870 e. The van der Waals surface area contributed by atoms with Crippen molar-refractivity contribution < 1.29 is 0 Å². The predicted octanol–water partition coefficient (Wildman–Crippen LogP) is 7.68. The summed E-state index contributed by atoms with van der Waals surface area (Å²) >= 11 is 4.94. The molecule has 1 aromatic rings. The smallest absolute Gasteiger partial charge is 0.0160 e. The summed E-state index contributed by atoms with van der Waals surface area (Å²) in [7, 11) is 0. The Hall–Kier alpha value is -0.100. The molecule has 2 rings (SSSR count). The number of rotatable bonds is 3. The van der Waals surface area contributed by atoms with Crippen LogP contribution in [0.4, 0.5) is 0 Å². The fourth-order valence-corrected chi connectivity index (χ4v) is 4.96.